The van der Waals surface area contributed by atoms with Gasteiger partial charge in [-0.05, 0) is 45.6 Å². The van der Waals surface area contributed by atoms with E-state index in [9.17, 15) is 9.59 Å². The Morgan fingerprint density at radius 1 is 1.22 bits per heavy atom. The molecule has 0 saturated carbocycles. The topological polar surface area (TPSA) is 46.6 Å². The van der Waals surface area contributed by atoms with Crippen molar-refractivity contribution in [2.45, 2.75) is 39.2 Å². The smallest absolute Gasteiger partial charge is 0.410 e. The minimum absolute atomic E-state index is 0.00000785. The first-order valence-electron chi connectivity index (χ1n) is 8.11. The fraction of sp³-hybridized carbons (Fsp3) is 0.474. The second-order valence-electron chi connectivity index (χ2n) is 6.92. The second-order valence-corrected chi connectivity index (χ2v) is 6.92. The summed E-state index contributed by atoms with van der Waals surface area (Å²) in [7, 11) is 0. The van der Waals surface area contributed by atoms with E-state index in [0.717, 1.165) is 12.8 Å². The molecule has 1 aromatic carbocycles. The molecule has 0 bridgehead atoms. The zero-order valence-electron chi connectivity index (χ0n) is 14.1. The highest BCUT2D eigenvalue weighted by Gasteiger charge is 2.26. The Morgan fingerprint density at radius 2 is 1.91 bits per heavy atom. The van der Waals surface area contributed by atoms with Crippen LogP contribution < -0.4 is 0 Å². The fourth-order valence-electron chi connectivity index (χ4n) is 2.58. The lowest BCUT2D eigenvalue weighted by Gasteiger charge is -2.33. The van der Waals surface area contributed by atoms with Gasteiger partial charge in [0.05, 0.1) is 0 Å². The van der Waals surface area contributed by atoms with E-state index in [-0.39, 0.29) is 17.8 Å². The first kappa shape index (κ1) is 17.3. The summed E-state index contributed by atoms with van der Waals surface area (Å²) < 4.78 is 5.42. The summed E-state index contributed by atoms with van der Waals surface area (Å²) in [5.74, 6) is 0.198. The van der Waals surface area contributed by atoms with Gasteiger partial charge in [-0.25, -0.2) is 4.79 Å². The van der Waals surface area contributed by atoms with E-state index < -0.39 is 5.60 Å². The number of piperidine rings is 1. The molecule has 1 fully saturated rings. The molecule has 0 radical (unpaired) electrons. The SMILES string of the molecule is CC(C)(C)OC(=O)N1CCCC(C=CC(=O)c2ccccc2)C1. The summed E-state index contributed by atoms with van der Waals surface area (Å²) in [6.45, 7) is 6.92. The predicted octanol–water partition coefficient (Wildman–Crippen LogP) is 4.07. The van der Waals surface area contributed by atoms with Crippen molar-refractivity contribution in [1.82, 2.24) is 4.90 Å². The van der Waals surface area contributed by atoms with Crippen LogP contribution in [0, 0.1) is 5.92 Å². The molecular weight excluding hydrogens is 290 g/mol. The molecule has 0 aliphatic carbocycles. The molecule has 1 heterocycles. The molecule has 23 heavy (non-hydrogen) atoms. The number of carbonyl (C=O) groups excluding carboxylic acids is 2. The number of ketones is 1. The number of allylic oxidation sites excluding steroid dienone is 1. The van der Waals surface area contributed by atoms with Crippen molar-refractivity contribution in [2.24, 2.45) is 5.92 Å². The Hall–Kier alpha value is -2.10. The Morgan fingerprint density at radius 3 is 2.57 bits per heavy atom. The predicted molar refractivity (Wildman–Crippen MR) is 90.4 cm³/mol. The molecule has 4 heteroatoms. The summed E-state index contributed by atoms with van der Waals surface area (Å²) in [5, 5.41) is 0. The molecule has 1 saturated heterocycles. The van der Waals surface area contributed by atoms with Crippen molar-refractivity contribution in [1.29, 1.82) is 0 Å². The van der Waals surface area contributed by atoms with Crippen LogP contribution in [0.3, 0.4) is 0 Å². The Kier molecular flexibility index (Phi) is 5.59. The number of ether oxygens (including phenoxy) is 1. The van der Waals surface area contributed by atoms with Crippen LogP contribution in [0.15, 0.2) is 42.5 Å². The van der Waals surface area contributed by atoms with Crippen LogP contribution in [-0.2, 0) is 4.74 Å². The lowest BCUT2D eigenvalue weighted by Crippen LogP contribution is -2.42. The van der Waals surface area contributed by atoms with Crippen LogP contribution in [0.4, 0.5) is 4.79 Å². The maximum absolute atomic E-state index is 12.1. The zero-order chi connectivity index (χ0) is 16.9. The molecule has 0 aromatic heterocycles. The second kappa shape index (κ2) is 7.44. The van der Waals surface area contributed by atoms with E-state index in [1.54, 1.807) is 23.1 Å². The van der Waals surface area contributed by atoms with E-state index in [2.05, 4.69) is 0 Å². The van der Waals surface area contributed by atoms with Gasteiger partial charge in [0.15, 0.2) is 5.78 Å². The number of hydrogen-bond donors (Lipinski definition) is 0. The van der Waals surface area contributed by atoms with Crippen molar-refractivity contribution in [2.75, 3.05) is 13.1 Å². The number of amides is 1. The van der Waals surface area contributed by atoms with Gasteiger partial charge in [0, 0.05) is 18.7 Å². The van der Waals surface area contributed by atoms with Gasteiger partial charge in [-0.3, -0.25) is 4.79 Å². The molecule has 2 rings (SSSR count). The highest BCUT2D eigenvalue weighted by molar-refractivity contribution is 6.04. The molecule has 1 atom stereocenters. The summed E-state index contributed by atoms with van der Waals surface area (Å²) >= 11 is 0. The van der Waals surface area contributed by atoms with Gasteiger partial charge in [-0.2, -0.15) is 0 Å². The third-order valence-corrected chi connectivity index (χ3v) is 3.69. The van der Waals surface area contributed by atoms with Gasteiger partial charge in [0.25, 0.3) is 0 Å². The minimum Gasteiger partial charge on any atom is -0.444 e. The van der Waals surface area contributed by atoms with Gasteiger partial charge in [0.1, 0.15) is 5.60 Å². The van der Waals surface area contributed by atoms with Crippen LogP contribution in [0.25, 0.3) is 0 Å². The Labute approximate surface area is 138 Å². The normalized spacial score (nSPS) is 18.9. The summed E-state index contributed by atoms with van der Waals surface area (Å²) in [5.41, 5.74) is 0.201. The standard InChI is InChI=1S/C19H25NO3/c1-19(2,3)23-18(22)20-13-7-8-15(14-20)11-12-17(21)16-9-5-4-6-10-16/h4-6,9-12,15H,7-8,13-14H2,1-3H3. The van der Waals surface area contributed by atoms with E-state index in [4.69, 9.17) is 4.74 Å². The summed E-state index contributed by atoms with van der Waals surface area (Å²) in [6, 6.07) is 9.21. The summed E-state index contributed by atoms with van der Waals surface area (Å²) in [6.07, 6.45) is 5.18. The van der Waals surface area contributed by atoms with Crippen LogP contribution >= 0.6 is 0 Å². The van der Waals surface area contributed by atoms with Gasteiger partial charge < -0.3 is 9.64 Å². The van der Waals surface area contributed by atoms with E-state index >= 15 is 0 Å². The highest BCUT2D eigenvalue weighted by atomic mass is 16.6. The molecule has 1 aliphatic heterocycles. The van der Waals surface area contributed by atoms with Crippen LogP contribution in [-0.4, -0.2) is 35.5 Å². The fourth-order valence-corrected chi connectivity index (χ4v) is 2.58. The van der Waals surface area contributed by atoms with Crippen molar-refractivity contribution >= 4 is 11.9 Å². The molecule has 1 amide bonds. The third kappa shape index (κ3) is 5.55. The molecular formula is C19H25NO3. The third-order valence-electron chi connectivity index (χ3n) is 3.69. The van der Waals surface area contributed by atoms with Crippen LogP contribution in [0.1, 0.15) is 44.0 Å². The lowest BCUT2D eigenvalue weighted by atomic mass is 9.97. The van der Waals surface area contributed by atoms with Crippen LogP contribution in [0.2, 0.25) is 0 Å². The van der Waals surface area contributed by atoms with E-state index in [1.165, 1.54) is 0 Å². The van der Waals surface area contributed by atoms with Crippen molar-refractivity contribution in [3.8, 4) is 0 Å². The largest absolute Gasteiger partial charge is 0.444 e. The molecule has 0 N–H and O–H groups in total. The Balaban J connectivity index is 1.92. The first-order chi connectivity index (χ1) is 10.8. The average Bonchev–Trinajstić information content (AvgIpc) is 2.52. The van der Waals surface area contributed by atoms with E-state index in [1.807, 2.05) is 45.0 Å². The molecule has 1 aliphatic rings. The zero-order valence-corrected chi connectivity index (χ0v) is 14.1. The molecule has 0 spiro atoms. The maximum Gasteiger partial charge on any atom is 0.410 e. The van der Waals surface area contributed by atoms with Crippen LogP contribution in [0.5, 0.6) is 0 Å². The van der Waals surface area contributed by atoms with Crippen molar-refractivity contribution in [3.63, 3.8) is 0 Å². The molecule has 1 unspecified atom stereocenters. The number of hydrogen-bond acceptors (Lipinski definition) is 3. The number of benzene rings is 1. The van der Waals surface area contributed by atoms with Gasteiger partial charge in [0.2, 0.25) is 0 Å². The molecule has 4 nitrogen and oxygen atoms in total. The maximum atomic E-state index is 12.1. The number of likely N-dealkylation sites (tertiary alicyclic amines) is 1. The number of nitrogens with zero attached hydrogens (tertiary/aromatic N) is 1. The average molecular weight is 315 g/mol. The number of rotatable bonds is 3. The quantitative estimate of drug-likeness (QED) is 0.624. The molecule has 1 aromatic rings. The lowest BCUT2D eigenvalue weighted by molar-refractivity contribution is 0.0187. The van der Waals surface area contributed by atoms with Gasteiger partial charge in [-0.15, -0.1) is 0 Å². The first-order valence-corrected chi connectivity index (χ1v) is 8.11. The van der Waals surface area contributed by atoms with Crippen molar-refractivity contribution in [3.05, 3.63) is 48.0 Å². The van der Waals surface area contributed by atoms with E-state index in [0.29, 0.717) is 18.7 Å². The minimum atomic E-state index is -0.483. The van der Waals surface area contributed by atoms with Crippen molar-refractivity contribution < 1.29 is 14.3 Å². The van der Waals surface area contributed by atoms with Gasteiger partial charge >= 0.3 is 6.09 Å². The molecule has 124 valence electrons. The highest BCUT2D eigenvalue weighted by Crippen LogP contribution is 2.20. The monoisotopic (exact) mass is 315 g/mol. The number of carbonyl (C=O) groups is 2. The van der Waals surface area contributed by atoms with Gasteiger partial charge in [-0.1, -0.05) is 36.4 Å². The Bertz CT molecular complexity index is 572. The summed E-state index contributed by atoms with van der Waals surface area (Å²) in [4.78, 5) is 26.0.